The molecule has 2 aliphatic rings. The van der Waals surface area contributed by atoms with Crippen LogP contribution in [-0.2, 0) is 9.53 Å². The summed E-state index contributed by atoms with van der Waals surface area (Å²) in [5, 5.41) is 10.0. The standard InChI is InChI=1S/C21H31N3O3/c1-27-16-15-24(18-7-3-2-4-8-18)21(26)17-22-11-13-23(14-12-22)19-9-5-6-10-20(19)25/h5-7,9-10,25H,2-4,8,11-17H2,1H3/p+1. The van der Waals surface area contributed by atoms with Crippen molar-refractivity contribution in [2.75, 3.05) is 57.9 Å². The van der Waals surface area contributed by atoms with Crippen LogP contribution >= 0.6 is 0 Å². The zero-order valence-electron chi connectivity index (χ0n) is 16.3. The monoisotopic (exact) mass is 374 g/mol. The van der Waals surface area contributed by atoms with Crippen molar-refractivity contribution < 1.29 is 19.5 Å². The van der Waals surface area contributed by atoms with Gasteiger partial charge in [0.2, 0.25) is 0 Å². The summed E-state index contributed by atoms with van der Waals surface area (Å²) >= 11 is 0. The number of phenolic OH excluding ortho intramolecular Hbond substituents is 1. The van der Waals surface area contributed by atoms with Gasteiger partial charge in [-0.1, -0.05) is 18.2 Å². The molecule has 1 saturated heterocycles. The molecule has 3 rings (SSSR count). The maximum atomic E-state index is 13.0. The molecule has 0 saturated carbocycles. The van der Waals surface area contributed by atoms with Crippen LogP contribution in [-0.4, -0.2) is 68.9 Å². The van der Waals surface area contributed by atoms with Crippen LogP contribution in [0.15, 0.2) is 36.0 Å². The number of ether oxygens (including phenoxy) is 1. The van der Waals surface area contributed by atoms with Gasteiger partial charge in [0.25, 0.3) is 5.91 Å². The quantitative estimate of drug-likeness (QED) is 0.749. The number of piperazine rings is 1. The van der Waals surface area contributed by atoms with Gasteiger partial charge in [0.15, 0.2) is 6.54 Å². The third-order valence-corrected chi connectivity index (χ3v) is 5.53. The Bertz CT molecular complexity index is 654. The lowest BCUT2D eigenvalue weighted by Crippen LogP contribution is -3.15. The molecule has 0 unspecified atom stereocenters. The zero-order valence-corrected chi connectivity index (χ0v) is 16.3. The number of benzene rings is 1. The minimum absolute atomic E-state index is 0.200. The molecule has 27 heavy (non-hydrogen) atoms. The Morgan fingerprint density at radius 3 is 2.70 bits per heavy atom. The highest BCUT2D eigenvalue weighted by Crippen LogP contribution is 2.26. The van der Waals surface area contributed by atoms with Crippen molar-refractivity contribution in [2.24, 2.45) is 0 Å². The van der Waals surface area contributed by atoms with Gasteiger partial charge in [-0.15, -0.1) is 0 Å². The van der Waals surface area contributed by atoms with E-state index in [2.05, 4.69) is 11.0 Å². The molecule has 1 aliphatic carbocycles. The van der Waals surface area contributed by atoms with E-state index in [1.54, 1.807) is 13.2 Å². The normalized spacial score (nSPS) is 18.3. The minimum Gasteiger partial charge on any atom is -0.506 e. The second-order valence-corrected chi connectivity index (χ2v) is 7.38. The topological polar surface area (TPSA) is 57.5 Å². The summed E-state index contributed by atoms with van der Waals surface area (Å²) in [6.45, 7) is 5.23. The largest absolute Gasteiger partial charge is 0.506 e. The first-order valence-electron chi connectivity index (χ1n) is 10.0. The molecule has 1 aromatic rings. The van der Waals surface area contributed by atoms with Crippen molar-refractivity contribution in [1.29, 1.82) is 0 Å². The number of para-hydroxylation sites is 2. The molecule has 0 atom stereocenters. The van der Waals surface area contributed by atoms with Crippen molar-refractivity contribution in [3.8, 4) is 5.75 Å². The molecule has 1 aromatic carbocycles. The van der Waals surface area contributed by atoms with Crippen molar-refractivity contribution >= 4 is 11.6 Å². The fourth-order valence-electron chi connectivity index (χ4n) is 3.96. The SMILES string of the molecule is COCCN(C(=O)C[NH+]1CCN(c2ccccc2O)CC1)C1=CCCCC1. The number of amides is 1. The van der Waals surface area contributed by atoms with Gasteiger partial charge in [-0.25, -0.2) is 0 Å². The van der Waals surface area contributed by atoms with E-state index in [9.17, 15) is 9.90 Å². The maximum Gasteiger partial charge on any atom is 0.281 e. The molecule has 1 amide bonds. The molecule has 6 nitrogen and oxygen atoms in total. The fraction of sp³-hybridized carbons (Fsp3) is 0.571. The van der Waals surface area contributed by atoms with E-state index < -0.39 is 0 Å². The second kappa shape index (κ2) is 9.76. The summed E-state index contributed by atoms with van der Waals surface area (Å²) in [7, 11) is 1.68. The Labute approximate surface area is 162 Å². The predicted octanol–water partition coefficient (Wildman–Crippen LogP) is 1.03. The van der Waals surface area contributed by atoms with Gasteiger partial charge >= 0.3 is 0 Å². The number of nitrogens with zero attached hydrogens (tertiary/aromatic N) is 2. The van der Waals surface area contributed by atoms with Crippen molar-refractivity contribution in [3.05, 3.63) is 36.0 Å². The average Bonchev–Trinajstić information content (AvgIpc) is 2.70. The van der Waals surface area contributed by atoms with E-state index in [0.717, 1.165) is 51.1 Å². The highest BCUT2D eigenvalue weighted by Gasteiger charge is 2.27. The van der Waals surface area contributed by atoms with E-state index in [-0.39, 0.29) is 5.91 Å². The van der Waals surface area contributed by atoms with Crippen molar-refractivity contribution in [2.45, 2.75) is 25.7 Å². The highest BCUT2D eigenvalue weighted by molar-refractivity contribution is 5.79. The van der Waals surface area contributed by atoms with E-state index >= 15 is 0 Å². The first-order chi connectivity index (χ1) is 13.2. The Hall–Kier alpha value is -2.05. The highest BCUT2D eigenvalue weighted by atomic mass is 16.5. The van der Waals surface area contributed by atoms with Crippen molar-refractivity contribution in [1.82, 2.24) is 4.90 Å². The molecule has 2 N–H and O–H groups in total. The first kappa shape index (κ1) is 19.7. The van der Waals surface area contributed by atoms with Gasteiger partial charge in [0.05, 0.1) is 38.5 Å². The molecule has 0 spiro atoms. The van der Waals surface area contributed by atoms with Crippen LogP contribution in [0.2, 0.25) is 0 Å². The number of anilines is 1. The first-order valence-corrected chi connectivity index (χ1v) is 10.0. The Morgan fingerprint density at radius 1 is 1.26 bits per heavy atom. The van der Waals surface area contributed by atoms with Crippen LogP contribution in [0.3, 0.4) is 0 Å². The Morgan fingerprint density at radius 2 is 2.04 bits per heavy atom. The number of rotatable bonds is 7. The van der Waals surface area contributed by atoms with Gasteiger partial charge in [-0.05, 0) is 37.8 Å². The molecule has 1 aliphatic heterocycles. The van der Waals surface area contributed by atoms with Gasteiger partial charge < -0.3 is 24.5 Å². The molecular formula is C21H32N3O3+. The summed E-state index contributed by atoms with van der Waals surface area (Å²) in [5.41, 5.74) is 2.06. The third-order valence-electron chi connectivity index (χ3n) is 5.53. The summed E-state index contributed by atoms with van der Waals surface area (Å²) in [4.78, 5) is 18.4. The van der Waals surface area contributed by atoms with Crippen LogP contribution < -0.4 is 9.80 Å². The smallest absolute Gasteiger partial charge is 0.281 e. The van der Waals surface area contributed by atoms with Gasteiger partial charge in [-0.3, -0.25) is 4.79 Å². The number of hydrogen-bond donors (Lipinski definition) is 2. The number of nitrogens with one attached hydrogen (secondary N) is 1. The number of methoxy groups -OCH3 is 1. The molecule has 0 radical (unpaired) electrons. The summed E-state index contributed by atoms with van der Waals surface area (Å²) < 4.78 is 5.22. The maximum absolute atomic E-state index is 13.0. The molecule has 6 heteroatoms. The lowest BCUT2D eigenvalue weighted by Gasteiger charge is -2.35. The van der Waals surface area contributed by atoms with Crippen LogP contribution in [0.5, 0.6) is 5.75 Å². The number of allylic oxidation sites excluding steroid dienone is 2. The van der Waals surface area contributed by atoms with E-state index in [1.165, 1.54) is 17.0 Å². The van der Waals surface area contributed by atoms with Crippen LogP contribution in [0, 0.1) is 0 Å². The van der Waals surface area contributed by atoms with E-state index in [1.807, 2.05) is 23.1 Å². The number of carbonyl (C=O) groups excluding carboxylic acids is 1. The average molecular weight is 375 g/mol. The van der Waals surface area contributed by atoms with Crippen LogP contribution in [0.1, 0.15) is 25.7 Å². The number of aromatic hydroxyl groups is 1. The predicted molar refractivity (Wildman–Crippen MR) is 106 cm³/mol. The van der Waals surface area contributed by atoms with Gasteiger partial charge in [-0.2, -0.15) is 0 Å². The number of quaternary nitrogens is 1. The summed E-state index contributed by atoms with van der Waals surface area (Å²) in [6.07, 6.45) is 6.66. The molecular weight excluding hydrogens is 342 g/mol. The summed E-state index contributed by atoms with van der Waals surface area (Å²) in [5.74, 6) is 0.526. The Kier molecular flexibility index (Phi) is 7.12. The zero-order chi connectivity index (χ0) is 19.1. The van der Waals surface area contributed by atoms with Gasteiger partial charge in [0, 0.05) is 19.4 Å². The van der Waals surface area contributed by atoms with Gasteiger partial charge in [0.1, 0.15) is 5.75 Å². The number of hydrogen-bond acceptors (Lipinski definition) is 4. The molecule has 1 heterocycles. The lowest BCUT2D eigenvalue weighted by molar-refractivity contribution is -0.892. The molecule has 1 fully saturated rings. The van der Waals surface area contributed by atoms with E-state index in [4.69, 9.17) is 4.74 Å². The fourth-order valence-corrected chi connectivity index (χ4v) is 3.96. The number of carbonyl (C=O) groups is 1. The molecule has 148 valence electrons. The summed E-state index contributed by atoms with van der Waals surface area (Å²) in [6, 6.07) is 7.47. The lowest BCUT2D eigenvalue weighted by atomic mass is 10.0. The van der Waals surface area contributed by atoms with E-state index in [0.29, 0.717) is 25.4 Å². The molecule has 0 aromatic heterocycles. The van der Waals surface area contributed by atoms with Crippen molar-refractivity contribution in [3.63, 3.8) is 0 Å². The minimum atomic E-state index is 0.200. The van der Waals surface area contributed by atoms with Crippen LogP contribution in [0.4, 0.5) is 5.69 Å². The Balaban J connectivity index is 1.55. The third kappa shape index (κ3) is 5.23. The number of phenols is 1. The van der Waals surface area contributed by atoms with Crippen LogP contribution in [0.25, 0.3) is 0 Å². The molecule has 0 bridgehead atoms. The second-order valence-electron chi connectivity index (χ2n) is 7.38.